The number of benzene rings is 3. The van der Waals surface area contributed by atoms with Gasteiger partial charge in [0.15, 0.2) is 0 Å². The number of amides is 2. The molecule has 8 heteroatoms. The Balaban J connectivity index is 1.61. The van der Waals surface area contributed by atoms with Crippen LogP contribution in [0.3, 0.4) is 0 Å². The number of nitriles is 1. The third-order valence-electron chi connectivity index (χ3n) is 5.21. The highest BCUT2D eigenvalue weighted by Crippen LogP contribution is 2.39. The number of nitrogen functional groups attached to an aromatic ring is 1. The van der Waals surface area contributed by atoms with Crippen LogP contribution in [0.15, 0.2) is 89.8 Å². The van der Waals surface area contributed by atoms with E-state index in [2.05, 4.69) is 16.7 Å². The van der Waals surface area contributed by atoms with Gasteiger partial charge in [-0.2, -0.15) is 5.26 Å². The van der Waals surface area contributed by atoms with Crippen molar-refractivity contribution >= 4 is 51.3 Å². The molecule has 0 aliphatic heterocycles. The second kappa shape index (κ2) is 10.9. The summed E-state index contributed by atoms with van der Waals surface area (Å²) in [5, 5.41) is 15.3. The molecule has 1 heterocycles. The molecule has 0 saturated carbocycles. The molecule has 35 heavy (non-hydrogen) atoms. The number of hydrogen-bond donors (Lipinski definition) is 3. The van der Waals surface area contributed by atoms with Gasteiger partial charge in [-0.3, -0.25) is 9.59 Å². The molecule has 4 N–H and O–H groups in total. The summed E-state index contributed by atoms with van der Waals surface area (Å²) in [5.74, 6) is -0.614. The van der Waals surface area contributed by atoms with Crippen molar-refractivity contribution in [2.45, 2.75) is 17.1 Å². The van der Waals surface area contributed by atoms with E-state index in [0.29, 0.717) is 26.8 Å². The number of rotatable bonds is 7. The first-order valence-corrected chi connectivity index (χ1v) is 12.4. The van der Waals surface area contributed by atoms with Crippen LogP contribution in [-0.2, 0) is 4.79 Å². The van der Waals surface area contributed by atoms with E-state index in [9.17, 15) is 14.9 Å². The van der Waals surface area contributed by atoms with E-state index in [0.717, 1.165) is 21.8 Å². The van der Waals surface area contributed by atoms with E-state index in [1.54, 1.807) is 31.2 Å². The van der Waals surface area contributed by atoms with Crippen LogP contribution in [0.2, 0.25) is 0 Å². The molecule has 1 unspecified atom stereocenters. The van der Waals surface area contributed by atoms with Crippen molar-refractivity contribution in [3.05, 3.63) is 106 Å². The van der Waals surface area contributed by atoms with E-state index in [1.807, 2.05) is 60.7 Å². The lowest BCUT2D eigenvalue weighted by molar-refractivity contribution is -0.115. The van der Waals surface area contributed by atoms with Gasteiger partial charge in [-0.05, 0) is 54.4 Å². The summed E-state index contributed by atoms with van der Waals surface area (Å²) in [4.78, 5) is 27.6. The summed E-state index contributed by atoms with van der Waals surface area (Å²) in [7, 11) is 0. The summed E-state index contributed by atoms with van der Waals surface area (Å²) in [5.41, 5.74) is 8.73. The molecular weight excluding hydrogens is 476 g/mol. The quantitative estimate of drug-likeness (QED) is 0.207. The van der Waals surface area contributed by atoms with Crippen LogP contribution in [0.5, 0.6) is 0 Å². The fraction of sp³-hybridized carbons (Fsp3) is 0.0741. The number of carbonyl (C=O) groups is 2. The van der Waals surface area contributed by atoms with Crippen LogP contribution in [0.4, 0.5) is 16.4 Å². The highest BCUT2D eigenvalue weighted by Gasteiger charge is 2.26. The predicted octanol–water partition coefficient (Wildman–Crippen LogP) is 6.23. The molecule has 0 aliphatic rings. The average Bonchev–Trinajstić information content (AvgIpc) is 3.19. The second-order valence-corrected chi connectivity index (χ2v) is 9.86. The third-order valence-corrected chi connectivity index (χ3v) is 7.68. The number of nitrogens with zero attached hydrogens (tertiary/aromatic N) is 1. The van der Waals surface area contributed by atoms with E-state index < -0.39 is 5.25 Å². The Kier molecular flexibility index (Phi) is 7.51. The number of nitrogens with one attached hydrogen (secondary N) is 2. The van der Waals surface area contributed by atoms with Gasteiger partial charge in [0, 0.05) is 16.3 Å². The maximum Gasteiger partial charge on any atom is 0.266 e. The standard InChI is InChI=1S/C27H22N4O2S2/c1-17-22(16-28)27(35-23(17)25(32)30-20-10-6-3-7-11-20)31-26(33)24(18-8-4-2-5-9-18)34-21-14-12-19(29)13-15-21/h2-15,24H,29H2,1H3,(H,30,32)(H,31,33). The van der Waals surface area contributed by atoms with Crippen molar-refractivity contribution in [2.75, 3.05) is 16.4 Å². The van der Waals surface area contributed by atoms with Gasteiger partial charge in [-0.25, -0.2) is 0 Å². The molecule has 3 aromatic carbocycles. The molecule has 0 bridgehead atoms. The van der Waals surface area contributed by atoms with Crippen molar-refractivity contribution in [2.24, 2.45) is 0 Å². The maximum absolute atomic E-state index is 13.5. The monoisotopic (exact) mass is 498 g/mol. The fourth-order valence-electron chi connectivity index (χ4n) is 3.42. The highest BCUT2D eigenvalue weighted by molar-refractivity contribution is 8.00. The highest BCUT2D eigenvalue weighted by atomic mass is 32.2. The first-order valence-electron chi connectivity index (χ1n) is 10.7. The predicted molar refractivity (Wildman–Crippen MR) is 143 cm³/mol. The first-order chi connectivity index (χ1) is 17.0. The van der Waals surface area contributed by atoms with Crippen LogP contribution in [-0.4, -0.2) is 11.8 Å². The van der Waals surface area contributed by atoms with Crippen LogP contribution in [0, 0.1) is 18.3 Å². The molecule has 1 aromatic heterocycles. The number of nitrogens with two attached hydrogens (primary N) is 1. The normalized spacial score (nSPS) is 11.3. The lowest BCUT2D eigenvalue weighted by atomic mass is 10.1. The molecule has 0 aliphatic carbocycles. The Bertz CT molecular complexity index is 1380. The largest absolute Gasteiger partial charge is 0.399 e. The topological polar surface area (TPSA) is 108 Å². The lowest BCUT2D eigenvalue weighted by Gasteiger charge is -2.17. The Morgan fingerprint density at radius 3 is 2.20 bits per heavy atom. The van der Waals surface area contributed by atoms with Crippen molar-refractivity contribution in [3.63, 3.8) is 0 Å². The van der Waals surface area contributed by atoms with Gasteiger partial charge in [-0.15, -0.1) is 23.1 Å². The number of thiophene rings is 1. The lowest BCUT2D eigenvalue weighted by Crippen LogP contribution is -2.19. The molecule has 174 valence electrons. The molecule has 0 fully saturated rings. The van der Waals surface area contributed by atoms with Crippen LogP contribution < -0.4 is 16.4 Å². The Morgan fingerprint density at radius 1 is 0.943 bits per heavy atom. The van der Waals surface area contributed by atoms with Crippen molar-refractivity contribution < 1.29 is 9.59 Å². The number of hydrogen-bond acceptors (Lipinski definition) is 6. The smallest absolute Gasteiger partial charge is 0.266 e. The number of carbonyl (C=O) groups excluding carboxylic acids is 2. The first kappa shape index (κ1) is 24.1. The Labute approximate surface area is 211 Å². The van der Waals surface area contributed by atoms with Gasteiger partial charge in [0.2, 0.25) is 5.91 Å². The summed E-state index contributed by atoms with van der Waals surface area (Å²) in [6.45, 7) is 1.71. The minimum Gasteiger partial charge on any atom is -0.399 e. The van der Waals surface area contributed by atoms with E-state index in [1.165, 1.54) is 11.8 Å². The van der Waals surface area contributed by atoms with Gasteiger partial charge in [0.25, 0.3) is 5.91 Å². The van der Waals surface area contributed by atoms with Gasteiger partial charge in [-0.1, -0.05) is 48.5 Å². The molecule has 0 spiro atoms. The number of para-hydroxylation sites is 1. The zero-order valence-corrected chi connectivity index (χ0v) is 20.5. The van der Waals surface area contributed by atoms with Gasteiger partial charge in [0.05, 0.1) is 10.4 Å². The zero-order chi connectivity index (χ0) is 24.8. The summed E-state index contributed by atoms with van der Waals surface area (Å²) in [6.07, 6.45) is 0. The molecule has 0 radical (unpaired) electrons. The minimum absolute atomic E-state index is 0.283. The van der Waals surface area contributed by atoms with Crippen molar-refractivity contribution in [1.82, 2.24) is 0 Å². The fourth-order valence-corrected chi connectivity index (χ4v) is 5.50. The van der Waals surface area contributed by atoms with Gasteiger partial charge in [0.1, 0.15) is 16.3 Å². The van der Waals surface area contributed by atoms with E-state index in [4.69, 9.17) is 5.73 Å². The molecule has 2 amide bonds. The van der Waals surface area contributed by atoms with Crippen LogP contribution >= 0.6 is 23.1 Å². The number of anilines is 3. The molecule has 4 rings (SSSR count). The van der Waals surface area contributed by atoms with E-state index in [-0.39, 0.29) is 17.4 Å². The van der Waals surface area contributed by atoms with Crippen LogP contribution in [0.25, 0.3) is 0 Å². The van der Waals surface area contributed by atoms with Gasteiger partial charge >= 0.3 is 0 Å². The maximum atomic E-state index is 13.5. The third kappa shape index (κ3) is 5.72. The summed E-state index contributed by atoms with van der Waals surface area (Å²) >= 11 is 2.48. The Morgan fingerprint density at radius 2 is 1.57 bits per heavy atom. The molecule has 1 atom stereocenters. The molecule has 0 saturated heterocycles. The average molecular weight is 499 g/mol. The Hall–Kier alpha value is -4.06. The number of thioether (sulfide) groups is 1. The van der Waals surface area contributed by atoms with Crippen molar-refractivity contribution in [3.8, 4) is 6.07 Å². The zero-order valence-electron chi connectivity index (χ0n) is 18.8. The van der Waals surface area contributed by atoms with Crippen LogP contribution in [0.1, 0.15) is 31.6 Å². The van der Waals surface area contributed by atoms with E-state index >= 15 is 0 Å². The summed E-state index contributed by atoms with van der Waals surface area (Å²) < 4.78 is 0. The molecule has 6 nitrogen and oxygen atoms in total. The summed E-state index contributed by atoms with van der Waals surface area (Å²) in [6, 6.07) is 27.9. The second-order valence-electron chi connectivity index (χ2n) is 7.66. The molecule has 4 aromatic rings. The molecular formula is C27H22N4O2S2. The minimum atomic E-state index is -0.574. The van der Waals surface area contributed by atoms with Crippen molar-refractivity contribution in [1.29, 1.82) is 5.26 Å². The van der Waals surface area contributed by atoms with Gasteiger partial charge < -0.3 is 16.4 Å². The SMILES string of the molecule is Cc1c(C(=O)Nc2ccccc2)sc(NC(=O)C(Sc2ccc(N)cc2)c2ccccc2)c1C#N.